The molecule has 0 aliphatic rings. The average molecular weight is 326 g/mol. The highest BCUT2D eigenvalue weighted by Gasteiger charge is 2.09. The molecule has 0 unspecified atom stereocenters. The van der Waals surface area contributed by atoms with Crippen LogP contribution in [0.25, 0.3) is 0 Å². The van der Waals surface area contributed by atoms with E-state index in [1.54, 1.807) is 0 Å². The second kappa shape index (κ2) is 25.7. The Labute approximate surface area is 136 Å². The van der Waals surface area contributed by atoms with Crippen LogP contribution in [0.2, 0.25) is 0 Å². The van der Waals surface area contributed by atoms with Crippen LogP contribution < -0.4 is 0 Å². The van der Waals surface area contributed by atoms with Crippen molar-refractivity contribution in [1.29, 1.82) is 0 Å². The van der Waals surface area contributed by atoms with E-state index in [-0.39, 0.29) is 33.4 Å². The zero-order chi connectivity index (χ0) is 16.2. The van der Waals surface area contributed by atoms with E-state index < -0.39 is 0 Å². The third-order valence-electron chi connectivity index (χ3n) is 2.16. The molecule has 6 nitrogen and oxygen atoms in total. The van der Waals surface area contributed by atoms with Crippen LogP contribution in [-0.4, -0.2) is 74.3 Å². The molecule has 0 spiro atoms. The average Bonchev–Trinajstić information content (AvgIpc) is 2.48. The SMILES string of the molecule is C.CCC.OCCCOCC(COCCCO)OCCCO. The maximum absolute atomic E-state index is 8.67. The zero-order valence-corrected chi connectivity index (χ0v) is 13.6. The number of ether oxygens (including phenoxy) is 3. The monoisotopic (exact) mass is 326 g/mol. The standard InChI is InChI=1S/C12H26O6.C3H8.CH4/c13-4-1-7-16-10-12(18-9-3-6-15)11-17-8-2-5-14;1-3-2;/h12-15H,1-11H2;3H2,1-2H3;1H4. The summed E-state index contributed by atoms with van der Waals surface area (Å²) < 4.78 is 16.2. The Balaban J connectivity index is -0.000000827. The Kier molecular flexibility index (Phi) is 31.1. The van der Waals surface area contributed by atoms with Gasteiger partial charge in [-0.05, 0) is 19.3 Å². The number of aliphatic hydroxyl groups excluding tert-OH is 3. The highest BCUT2D eigenvalue weighted by Crippen LogP contribution is 1.98. The van der Waals surface area contributed by atoms with E-state index >= 15 is 0 Å². The summed E-state index contributed by atoms with van der Waals surface area (Å²) in [5.41, 5.74) is 0. The first-order valence-corrected chi connectivity index (χ1v) is 7.86. The molecule has 0 saturated carbocycles. The lowest BCUT2D eigenvalue weighted by atomic mass is 10.4. The van der Waals surface area contributed by atoms with Crippen LogP contribution in [0, 0.1) is 0 Å². The van der Waals surface area contributed by atoms with Crippen molar-refractivity contribution in [3.05, 3.63) is 0 Å². The van der Waals surface area contributed by atoms with Gasteiger partial charge in [0.1, 0.15) is 6.10 Å². The molecule has 0 aliphatic heterocycles. The quantitative estimate of drug-likeness (QED) is 0.420. The first kappa shape index (κ1) is 26.6. The van der Waals surface area contributed by atoms with Crippen molar-refractivity contribution in [2.45, 2.75) is 53.1 Å². The van der Waals surface area contributed by atoms with E-state index in [9.17, 15) is 0 Å². The molecule has 0 fully saturated rings. The van der Waals surface area contributed by atoms with Crippen LogP contribution in [0.3, 0.4) is 0 Å². The van der Waals surface area contributed by atoms with Crippen LogP contribution >= 0.6 is 0 Å². The minimum absolute atomic E-state index is 0. The number of hydrogen-bond acceptors (Lipinski definition) is 6. The summed E-state index contributed by atoms with van der Waals surface area (Å²) in [6, 6.07) is 0. The van der Waals surface area contributed by atoms with Gasteiger partial charge in [-0.2, -0.15) is 0 Å². The molecule has 0 heterocycles. The largest absolute Gasteiger partial charge is 0.396 e. The number of aliphatic hydroxyl groups is 3. The molecule has 0 aromatic rings. The smallest absolute Gasteiger partial charge is 0.104 e. The van der Waals surface area contributed by atoms with E-state index in [4.69, 9.17) is 29.5 Å². The third kappa shape index (κ3) is 24.8. The lowest BCUT2D eigenvalue weighted by Gasteiger charge is -2.18. The van der Waals surface area contributed by atoms with E-state index in [1.165, 1.54) is 6.42 Å². The van der Waals surface area contributed by atoms with Gasteiger partial charge in [0.15, 0.2) is 0 Å². The molecule has 0 radical (unpaired) electrons. The molecule has 0 amide bonds. The Bertz CT molecular complexity index is 157. The predicted octanol–water partition coefficient (Wildman–Crippen LogP) is 1.60. The van der Waals surface area contributed by atoms with Gasteiger partial charge in [0.2, 0.25) is 0 Å². The summed E-state index contributed by atoms with van der Waals surface area (Å²) in [7, 11) is 0. The van der Waals surface area contributed by atoms with Crippen LogP contribution in [0.5, 0.6) is 0 Å². The second-order valence-electron chi connectivity index (χ2n) is 4.58. The summed E-state index contributed by atoms with van der Waals surface area (Å²) in [6.07, 6.45) is 2.88. The highest BCUT2D eigenvalue weighted by molar-refractivity contribution is 4.56. The molecule has 0 saturated heterocycles. The van der Waals surface area contributed by atoms with Crippen molar-refractivity contribution in [1.82, 2.24) is 0 Å². The van der Waals surface area contributed by atoms with Crippen molar-refractivity contribution in [2.75, 3.05) is 52.9 Å². The molecule has 0 rings (SSSR count). The van der Waals surface area contributed by atoms with E-state index in [0.717, 1.165) is 0 Å². The van der Waals surface area contributed by atoms with Crippen molar-refractivity contribution >= 4 is 0 Å². The minimum atomic E-state index is -0.172. The van der Waals surface area contributed by atoms with Gasteiger partial charge in [0, 0.05) is 39.6 Å². The van der Waals surface area contributed by atoms with Gasteiger partial charge in [0.25, 0.3) is 0 Å². The topological polar surface area (TPSA) is 88.4 Å². The maximum Gasteiger partial charge on any atom is 0.104 e. The molecule has 138 valence electrons. The fourth-order valence-electron chi connectivity index (χ4n) is 1.22. The van der Waals surface area contributed by atoms with Crippen molar-refractivity contribution in [2.24, 2.45) is 0 Å². The molecule has 6 heteroatoms. The molecule has 0 aliphatic carbocycles. The molecule has 0 bridgehead atoms. The lowest BCUT2D eigenvalue weighted by molar-refractivity contribution is -0.0644. The summed E-state index contributed by atoms with van der Waals surface area (Å²) in [5, 5.41) is 25.9. The van der Waals surface area contributed by atoms with Gasteiger partial charge in [0.05, 0.1) is 13.2 Å². The van der Waals surface area contributed by atoms with Crippen LogP contribution in [0.1, 0.15) is 47.0 Å². The highest BCUT2D eigenvalue weighted by atomic mass is 16.6. The number of rotatable bonds is 14. The summed E-state index contributed by atoms with van der Waals surface area (Å²) in [4.78, 5) is 0. The van der Waals surface area contributed by atoms with E-state index in [0.29, 0.717) is 52.3 Å². The summed E-state index contributed by atoms with van der Waals surface area (Å²) in [5.74, 6) is 0. The van der Waals surface area contributed by atoms with Gasteiger partial charge in [-0.15, -0.1) is 0 Å². The van der Waals surface area contributed by atoms with Crippen molar-refractivity contribution in [3.8, 4) is 0 Å². The Morgan fingerprint density at radius 1 is 0.727 bits per heavy atom. The van der Waals surface area contributed by atoms with E-state index in [1.807, 2.05) is 0 Å². The van der Waals surface area contributed by atoms with Crippen LogP contribution in [0.4, 0.5) is 0 Å². The van der Waals surface area contributed by atoms with Gasteiger partial charge in [-0.25, -0.2) is 0 Å². The maximum atomic E-state index is 8.67. The van der Waals surface area contributed by atoms with Gasteiger partial charge < -0.3 is 29.5 Å². The molecule has 22 heavy (non-hydrogen) atoms. The van der Waals surface area contributed by atoms with Crippen LogP contribution in [0.15, 0.2) is 0 Å². The Hall–Kier alpha value is -0.240. The normalized spacial score (nSPS) is 10.1. The van der Waals surface area contributed by atoms with Crippen molar-refractivity contribution in [3.63, 3.8) is 0 Å². The Morgan fingerprint density at radius 2 is 1.09 bits per heavy atom. The molecule has 0 aromatic carbocycles. The summed E-state index contributed by atoms with van der Waals surface area (Å²) >= 11 is 0. The Morgan fingerprint density at radius 3 is 1.45 bits per heavy atom. The first-order chi connectivity index (χ1) is 10.3. The first-order valence-electron chi connectivity index (χ1n) is 7.86. The minimum Gasteiger partial charge on any atom is -0.396 e. The van der Waals surface area contributed by atoms with E-state index in [2.05, 4.69) is 13.8 Å². The third-order valence-corrected chi connectivity index (χ3v) is 2.16. The summed E-state index contributed by atoms with van der Waals surface area (Å²) in [6.45, 7) is 6.85. The predicted molar refractivity (Wildman–Crippen MR) is 89.2 cm³/mol. The molecule has 3 N–H and O–H groups in total. The molecular formula is C16H38O6. The fourth-order valence-corrected chi connectivity index (χ4v) is 1.22. The second-order valence-corrected chi connectivity index (χ2v) is 4.58. The van der Waals surface area contributed by atoms with Gasteiger partial charge in [-0.1, -0.05) is 27.7 Å². The molecule has 0 aromatic heterocycles. The van der Waals surface area contributed by atoms with Gasteiger partial charge in [-0.3, -0.25) is 0 Å². The van der Waals surface area contributed by atoms with Gasteiger partial charge >= 0.3 is 0 Å². The fraction of sp³-hybridized carbons (Fsp3) is 1.00. The van der Waals surface area contributed by atoms with Crippen LogP contribution in [-0.2, 0) is 14.2 Å². The van der Waals surface area contributed by atoms with Crippen molar-refractivity contribution < 1.29 is 29.5 Å². The number of hydrogen-bond donors (Lipinski definition) is 3. The molecular weight excluding hydrogens is 288 g/mol. The zero-order valence-electron chi connectivity index (χ0n) is 13.6. The lowest BCUT2D eigenvalue weighted by Crippen LogP contribution is -2.27. The molecule has 0 atom stereocenters.